The predicted octanol–water partition coefficient (Wildman–Crippen LogP) is 1.48. The van der Waals surface area contributed by atoms with Crippen molar-refractivity contribution in [2.24, 2.45) is 0 Å². The van der Waals surface area contributed by atoms with E-state index in [4.69, 9.17) is 4.74 Å². The van der Waals surface area contributed by atoms with E-state index in [1.54, 1.807) is 0 Å². The summed E-state index contributed by atoms with van der Waals surface area (Å²) in [5.74, 6) is 0.0502. The second-order valence-electron chi connectivity index (χ2n) is 4.27. The molecule has 0 aliphatic carbocycles. The monoisotopic (exact) mass is 264 g/mol. The normalized spacial score (nSPS) is 23.2. The summed E-state index contributed by atoms with van der Waals surface area (Å²) < 4.78 is 5.62. The summed E-state index contributed by atoms with van der Waals surface area (Å²) in [5, 5.41) is 6.15. The Bertz CT molecular complexity index is 215. The molecule has 5 heteroatoms. The van der Waals surface area contributed by atoms with Crippen molar-refractivity contribution in [3.05, 3.63) is 0 Å². The molecule has 0 bridgehead atoms. The maximum atomic E-state index is 11.7. The van der Waals surface area contributed by atoms with Gasteiger partial charge in [-0.15, -0.1) is 12.4 Å². The Morgan fingerprint density at radius 1 is 1.24 bits per heavy atom. The van der Waals surface area contributed by atoms with Crippen molar-refractivity contribution >= 4 is 18.3 Å². The fourth-order valence-corrected chi connectivity index (χ4v) is 1.89. The topological polar surface area (TPSA) is 50.4 Å². The van der Waals surface area contributed by atoms with Crippen LogP contribution in [0.25, 0.3) is 0 Å². The lowest BCUT2D eigenvalue weighted by atomic mass is 10.1. The zero-order valence-electron chi connectivity index (χ0n) is 10.8. The number of ether oxygens (including phenoxy) is 1. The Kier molecular flexibility index (Phi) is 9.50. The van der Waals surface area contributed by atoms with Gasteiger partial charge < -0.3 is 15.4 Å². The molecule has 0 aromatic heterocycles. The Morgan fingerprint density at radius 3 is 2.59 bits per heavy atom. The molecule has 2 atom stereocenters. The van der Waals surface area contributed by atoms with Gasteiger partial charge in [0.05, 0.1) is 6.10 Å². The molecule has 2 unspecified atom stereocenters. The van der Waals surface area contributed by atoms with Crippen molar-refractivity contribution in [3.63, 3.8) is 0 Å². The molecule has 2 N–H and O–H groups in total. The van der Waals surface area contributed by atoms with E-state index in [1.807, 2.05) is 0 Å². The molecule has 0 aromatic rings. The second kappa shape index (κ2) is 9.68. The third kappa shape index (κ3) is 6.24. The lowest BCUT2D eigenvalue weighted by Gasteiger charge is -2.12. The van der Waals surface area contributed by atoms with Gasteiger partial charge in [0, 0.05) is 13.1 Å². The SMILES string of the molecule is CCCNCCNC(=O)C1CCC(CC)O1.Cl. The first kappa shape index (κ1) is 16.7. The van der Waals surface area contributed by atoms with E-state index in [0.29, 0.717) is 6.54 Å². The van der Waals surface area contributed by atoms with Gasteiger partial charge in [-0.2, -0.15) is 0 Å². The molecular formula is C12H25ClN2O2. The average Bonchev–Trinajstić information content (AvgIpc) is 2.77. The number of hydrogen-bond donors (Lipinski definition) is 2. The zero-order chi connectivity index (χ0) is 11.8. The highest BCUT2D eigenvalue weighted by molar-refractivity contribution is 5.85. The first-order chi connectivity index (χ1) is 7.77. The first-order valence-electron chi connectivity index (χ1n) is 6.41. The Balaban J connectivity index is 0.00000256. The van der Waals surface area contributed by atoms with E-state index in [-0.39, 0.29) is 30.5 Å². The molecule has 1 rings (SSSR count). The van der Waals surface area contributed by atoms with Gasteiger partial charge in [-0.05, 0) is 32.2 Å². The van der Waals surface area contributed by atoms with Gasteiger partial charge in [-0.3, -0.25) is 4.79 Å². The van der Waals surface area contributed by atoms with Gasteiger partial charge in [-0.1, -0.05) is 13.8 Å². The number of halogens is 1. The molecule has 0 radical (unpaired) electrons. The molecule has 0 aromatic carbocycles. The summed E-state index contributed by atoms with van der Waals surface area (Å²) in [7, 11) is 0. The molecule has 1 aliphatic rings. The molecule has 1 amide bonds. The quantitative estimate of drug-likeness (QED) is 0.685. The Hall–Kier alpha value is -0.320. The molecule has 0 saturated carbocycles. The van der Waals surface area contributed by atoms with E-state index >= 15 is 0 Å². The standard InChI is InChI=1S/C12H24N2O2.ClH/c1-3-7-13-8-9-14-12(15)11-6-5-10(4-2)16-11;/h10-11,13H,3-9H2,1-2H3,(H,14,15);1H. The summed E-state index contributed by atoms with van der Waals surface area (Å²) >= 11 is 0. The van der Waals surface area contributed by atoms with Crippen molar-refractivity contribution in [2.45, 2.75) is 51.7 Å². The number of hydrogen-bond acceptors (Lipinski definition) is 3. The number of carbonyl (C=O) groups excluding carboxylic acids is 1. The summed E-state index contributed by atoms with van der Waals surface area (Å²) in [6.07, 6.45) is 4.08. The highest BCUT2D eigenvalue weighted by Crippen LogP contribution is 2.21. The van der Waals surface area contributed by atoms with Gasteiger partial charge in [0.1, 0.15) is 6.10 Å². The fourth-order valence-electron chi connectivity index (χ4n) is 1.89. The molecule has 1 heterocycles. The summed E-state index contributed by atoms with van der Waals surface area (Å²) in [4.78, 5) is 11.7. The minimum Gasteiger partial charge on any atom is -0.365 e. The zero-order valence-corrected chi connectivity index (χ0v) is 11.6. The van der Waals surface area contributed by atoms with Gasteiger partial charge in [0.25, 0.3) is 0 Å². The van der Waals surface area contributed by atoms with Crippen LogP contribution in [0.2, 0.25) is 0 Å². The molecule has 1 saturated heterocycles. The van der Waals surface area contributed by atoms with Crippen molar-refractivity contribution < 1.29 is 9.53 Å². The highest BCUT2D eigenvalue weighted by atomic mass is 35.5. The van der Waals surface area contributed by atoms with Crippen molar-refractivity contribution in [1.29, 1.82) is 0 Å². The molecule has 0 spiro atoms. The third-order valence-corrected chi connectivity index (χ3v) is 2.88. The lowest BCUT2D eigenvalue weighted by molar-refractivity contribution is -0.132. The minimum absolute atomic E-state index is 0. The van der Waals surface area contributed by atoms with Crippen molar-refractivity contribution in [2.75, 3.05) is 19.6 Å². The summed E-state index contributed by atoms with van der Waals surface area (Å²) in [5.41, 5.74) is 0. The van der Waals surface area contributed by atoms with Gasteiger partial charge in [0.15, 0.2) is 0 Å². The fraction of sp³-hybridized carbons (Fsp3) is 0.917. The Morgan fingerprint density at radius 2 is 2.00 bits per heavy atom. The molecule has 102 valence electrons. The minimum atomic E-state index is -0.212. The van der Waals surface area contributed by atoms with E-state index < -0.39 is 0 Å². The van der Waals surface area contributed by atoms with E-state index in [2.05, 4.69) is 24.5 Å². The van der Waals surface area contributed by atoms with Gasteiger partial charge >= 0.3 is 0 Å². The maximum absolute atomic E-state index is 11.7. The molecular weight excluding hydrogens is 240 g/mol. The van der Waals surface area contributed by atoms with Crippen LogP contribution in [-0.4, -0.2) is 37.7 Å². The van der Waals surface area contributed by atoms with Crippen molar-refractivity contribution in [3.8, 4) is 0 Å². The smallest absolute Gasteiger partial charge is 0.249 e. The van der Waals surface area contributed by atoms with E-state index in [9.17, 15) is 4.79 Å². The van der Waals surface area contributed by atoms with Crippen LogP contribution >= 0.6 is 12.4 Å². The van der Waals surface area contributed by atoms with Gasteiger partial charge in [-0.25, -0.2) is 0 Å². The van der Waals surface area contributed by atoms with Crippen LogP contribution in [0.5, 0.6) is 0 Å². The summed E-state index contributed by atoms with van der Waals surface area (Å²) in [6, 6.07) is 0. The maximum Gasteiger partial charge on any atom is 0.249 e. The number of rotatable bonds is 7. The van der Waals surface area contributed by atoms with Crippen LogP contribution in [0.4, 0.5) is 0 Å². The predicted molar refractivity (Wildman–Crippen MR) is 71.6 cm³/mol. The van der Waals surface area contributed by atoms with Crippen LogP contribution in [0.3, 0.4) is 0 Å². The van der Waals surface area contributed by atoms with E-state index in [0.717, 1.165) is 38.8 Å². The highest BCUT2D eigenvalue weighted by Gasteiger charge is 2.29. The molecule has 17 heavy (non-hydrogen) atoms. The van der Waals surface area contributed by atoms with Crippen LogP contribution in [0.1, 0.15) is 39.5 Å². The average molecular weight is 265 g/mol. The molecule has 4 nitrogen and oxygen atoms in total. The van der Waals surface area contributed by atoms with Gasteiger partial charge in [0.2, 0.25) is 5.91 Å². The largest absolute Gasteiger partial charge is 0.365 e. The lowest BCUT2D eigenvalue weighted by Crippen LogP contribution is -2.38. The summed E-state index contributed by atoms with van der Waals surface area (Å²) in [6.45, 7) is 6.76. The first-order valence-corrected chi connectivity index (χ1v) is 6.41. The van der Waals surface area contributed by atoms with Crippen LogP contribution < -0.4 is 10.6 Å². The number of carbonyl (C=O) groups is 1. The Labute approximate surface area is 110 Å². The van der Waals surface area contributed by atoms with Crippen LogP contribution in [0.15, 0.2) is 0 Å². The second-order valence-corrected chi connectivity index (χ2v) is 4.27. The number of amides is 1. The molecule has 1 fully saturated rings. The van der Waals surface area contributed by atoms with Crippen LogP contribution in [-0.2, 0) is 9.53 Å². The van der Waals surface area contributed by atoms with Crippen molar-refractivity contribution in [1.82, 2.24) is 10.6 Å². The van der Waals surface area contributed by atoms with E-state index in [1.165, 1.54) is 0 Å². The molecule has 1 aliphatic heterocycles. The number of nitrogens with one attached hydrogen (secondary N) is 2. The van der Waals surface area contributed by atoms with Crippen LogP contribution in [0, 0.1) is 0 Å². The third-order valence-electron chi connectivity index (χ3n) is 2.88.